The molecule has 1 aliphatic heterocycles. The van der Waals surface area contributed by atoms with Crippen LogP contribution in [-0.4, -0.2) is 18.0 Å². The Morgan fingerprint density at radius 3 is 2.13 bits per heavy atom. The van der Waals surface area contributed by atoms with Gasteiger partial charge in [-0.15, -0.1) is 0 Å². The van der Waals surface area contributed by atoms with Crippen LogP contribution in [0.1, 0.15) is 41.0 Å². The van der Waals surface area contributed by atoms with Gasteiger partial charge in [-0.05, 0) is 29.1 Å². The third-order valence-corrected chi connectivity index (χ3v) is 4.30. The summed E-state index contributed by atoms with van der Waals surface area (Å²) in [5, 5.41) is 0. The van der Waals surface area contributed by atoms with E-state index in [4.69, 9.17) is 0 Å². The van der Waals surface area contributed by atoms with Gasteiger partial charge in [-0.3, -0.25) is 0 Å². The smallest absolute Gasteiger partial charge is 0.0212 e. The molecule has 0 amide bonds. The molecule has 0 aromatic carbocycles. The van der Waals surface area contributed by atoms with E-state index in [2.05, 4.69) is 46.1 Å². The summed E-state index contributed by atoms with van der Waals surface area (Å²) in [5.41, 5.74) is 2.35. The molecule has 0 N–H and O–H groups in total. The van der Waals surface area contributed by atoms with Gasteiger partial charge in [-0.1, -0.05) is 41.2 Å². The molecule has 1 heteroatoms. The van der Waals surface area contributed by atoms with E-state index in [1.54, 1.807) is 0 Å². The van der Waals surface area contributed by atoms with Crippen molar-refractivity contribution in [1.82, 2.24) is 4.90 Å². The molecule has 0 aromatic rings. The average Bonchev–Trinajstić information content (AvgIpc) is 2.47. The van der Waals surface area contributed by atoms with Gasteiger partial charge in [-0.2, -0.15) is 0 Å². The number of nitrogens with zero attached hydrogens (tertiary/aromatic N) is 1. The predicted octanol–water partition coefficient (Wildman–Crippen LogP) is 3.52. The molecule has 2 fully saturated rings. The highest BCUT2D eigenvalue weighted by Crippen LogP contribution is 2.62. The number of likely N-dealkylation sites (tertiary alicyclic amines) is 1. The Bertz CT molecular complexity index is 268. The second-order valence-electron chi connectivity index (χ2n) is 7.24. The molecule has 1 heterocycles. The van der Waals surface area contributed by atoms with Gasteiger partial charge in [0.1, 0.15) is 0 Å². The number of rotatable bonds is 2. The van der Waals surface area contributed by atoms with E-state index in [1.807, 2.05) is 0 Å². The molecule has 0 radical (unpaired) electrons. The maximum atomic E-state index is 4.25. The Hall–Kier alpha value is -0.460. The lowest BCUT2D eigenvalue weighted by molar-refractivity contribution is 0.275. The first-order valence-electron chi connectivity index (χ1n) is 6.14. The highest BCUT2D eigenvalue weighted by molar-refractivity contribution is 5.15. The standard InChI is InChI=1S/C14H25N/c1-10(7-13(2,3)4)15-8-11-12(9-15)14(11,5)6/h11-12H,1,7-9H2,2-6H3. The fraction of sp³-hybridized carbons (Fsp3) is 0.857. The van der Waals surface area contributed by atoms with E-state index in [0.717, 1.165) is 18.3 Å². The van der Waals surface area contributed by atoms with Crippen molar-refractivity contribution in [2.45, 2.75) is 41.0 Å². The van der Waals surface area contributed by atoms with Crippen LogP contribution in [0.3, 0.4) is 0 Å². The normalized spacial score (nSPS) is 32.7. The molecule has 15 heavy (non-hydrogen) atoms. The highest BCUT2D eigenvalue weighted by atomic mass is 15.2. The zero-order valence-corrected chi connectivity index (χ0v) is 10.9. The van der Waals surface area contributed by atoms with Gasteiger partial charge < -0.3 is 4.90 Å². The second-order valence-corrected chi connectivity index (χ2v) is 7.24. The Kier molecular flexibility index (Phi) is 2.22. The molecule has 1 aliphatic carbocycles. The molecule has 0 aromatic heterocycles. The molecule has 1 saturated heterocycles. The van der Waals surface area contributed by atoms with Crippen LogP contribution in [0.15, 0.2) is 12.3 Å². The van der Waals surface area contributed by atoms with Crippen LogP contribution in [0.25, 0.3) is 0 Å². The van der Waals surface area contributed by atoms with Crippen LogP contribution >= 0.6 is 0 Å². The molecule has 0 spiro atoms. The summed E-state index contributed by atoms with van der Waals surface area (Å²) in [5.74, 6) is 1.88. The lowest BCUT2D eigenvalue weighted by atomic mass is 9.90. The summed E-state index contributed by atoms with van der Waals surface area (Å²) in [4.78, 5) is 2.52. The molecule has 2 unspecified atom stereocenters. The van der Waals surface area contributed by atoms with Crippen molar-refractivity contribution in [3.63, 3.8) is 0 Å². The summed E-state index contributed by atoms with van der Waals surface area (Å²) < 4.78 is 0. The zero-order valence-electron chi connectivity index (χ0n) is 10.9. The average molecular weight is 207 g/mol. The first-order chi connectivity index (χ1) is 6.72. The van der Waals surface area contributed by atoms with Gasteiger partial charge in [0.05, 0.1) is 0 Å². The van der Waals surface area contributed by atoms with Gasteiger partial charge in [0.15, 0.2) is 0 Å². The van der Waals surface area contributed by atoms with Crippen molar-refractivity contribution in [2.75, 3.05) is 13.1 Å². The van der Waals surface area contributed by atoms with E-state index < -0.39 is 0 Å². The Morgan fingerprint density at radius 2 is 1.73 bits per heavy atom. The molecule has 1 saturated carbocycles. The third kappa shape index (κ3) is 1.93. The second kappa shape index (κ2) is 3.02. The first-order valence-corrected chi connectivity index (χ1v) is 6.14. The Balaban J connectivity index is 1.87. The minimum atomic E-state index is 0.374. The quantitative estimate of drug-likeness (QED) is 0.669. The Morgan fingerprint density at radius 1 is 1.27 bits per heavy atom. The molecule has 0 bridgehead atoms. The molecule has 2 atom stereocenters. The fourth-order valence-corrected chi connectivity index (χ4v) is 3.11. The van der Waals surface area contributed by atoms with E-state index in [0.29, 0.717) is 10.8 Å². The van der Waals surface area contributed by atoms with E-state index in [9.17, 15) is 0 Å². The number of piperidine rings is 1. The minimum absolute atomic E-state index is 0.374. The predicted molar refractivity (Wildman–Crippen MR) is 65.5 cm³/mol. The van der Waals surface area contributed by atoms with Gasteiger partial charge >= 0.3 is 0 Å². The summed E-state index contributed by atoms with van der Waals surface area (Å²) in [6, 6.07) is 0. The molecule has 86 valence electrons. The molecule has 2 rings (SSSR count). The van der Waals surface area contributed by atoms with Crippen molar-refractivity contribution in [3.05, 3.63) is 12.3 Å². The van der Waals surface area contributed by atoms with Crippen LogP contribution in [0.4, 0.5) is 0 Å². The van der Waals surface area contributed by atoms with Gasteiger partial charge in [-0.25, -0.2) is 0 Å². The van der Waals surface area contributed by atoms with E-state index in [1.165, 1.54) is 18.8 Å². The third-order valence-electron chi connectivity index (χ3n) is 4.30. The highest BCUT2D eigenvalue weighted by Gasteiger charge is 2.61. The Labute approximate surface area is 94.5 Å². The van der Waals surface area contributed by atoms with Crippen LogP contribution in [0.2, 0.25) is 0 Å². The van der Waals surface area contributed by atoms with Gasteiger partial charge in [0, 0.05) is 18.8 Å². The van der Waals surface area contributed by atoms with Crippen molar-refractivity contribution in [1.29, 1.82) is 0 Å². The first kappa shape index (κ1) is 11.0. The van der Waals surface area contributed by atoms with Crippen molar-refractivity contribution in [2.24, 2.45) is 22.7 Å². The van der Waals surface area contributed by atoms with Crippen molar-refractivity contribution >= 4 is 0 Å². The largest absolute Gasteiger partial charge is 0.375 e. The minimum Gasteiger partial charge on any atom is -0.375 e. The summed E-state index contributed by atoms with van der Waals surface area (Å²) in [6.07, 6.45) is 1.13. The number of hydrogen-bond donors (Lipinski definition) is 0. The number of allylic oxidation sites excluding steroid dienone is 1. The molecular weight excluding hydrogens is 182 g/mol. The maximum absolute atomic E-state index is 4.25. The zero-order chi connectivity index (χ0) is 11.4. The van der Waals surface area contributed by atoms with Crippen LogP contribution < -0.4 is 0 Å². The fourth-order valence-electron chi connectivity index (χ4n) is 3.11. The van der Waals surface area contributed by atoms with Crippen LogP contribution in [0, 0.1) is 22.7 Å². The SMILES string of the molecule is C=C(CC(C)(C)C)N1CC2C(C1)C2(C)C. The topological polar surface area (TPSA) is 3.24 Å². The molecule has 1 nitrogen and oxygen atoms in total. The van der Waals surface area contributed by atoms with Gasteiger partial charge in [0.2, 0.25) is 0 Å². The number of hydrogen-bond acceptors (Lipinski definition) is 1. The van der Waals surface area contributed by atoms with Crippen LogP contribution in [0.5, 0.6) is 0 Å². The van der Waals surface area contributed by atoms with E-state index >= 15 is 0 Å². The van der Waals surface area contributed by atoms with Crippen molar-refractivity contribution < 1.29 is 0 Å². The summed E-state index contributed by atoms with van der Waals surface area (Å²) >= 11 is 0. The molecule has 2 aliphatic rings. The summed E-state index contributed by atoms with van der Waals surface area (Å²) in [7, 11) is 0. The summed E-state index contributed by atoms with van der Waals surface area (Å²) in [6.45, 7) is 18.5. The maximum Gasteiger partial charge on any atom is 0.0212 e. The van der Waals surface area contributed by atoms with Crippen LogP contribution in [-0.2, 0) is 0 Å². The monoisotopic (exact) mass is 207 g/mol. The van der Waals surface area contributed by atoms with E-state index in [-0.39, 0.29) is 0 Å². The molecular formula is C14H25N. The number of fused-ring (bicyclic) bond motifs is 1. The lowest BCUT2D eigenvalue weighted by Crippen LogP contribution is -2.27. The van der Waals surface area contributed by atoms with Gasteiger partial charge in [0.25, 0.3) is 0 Å². The lowest BCUT2D eigenvalue weighted by Gasteiger charge is -2.30. The van der Waals surface area contributed by atoms with Crippen molar-refractivity contribution in [3.8, 4) is 0 Å².